The van der Waals surface area contributed by atoms with Gasteiger partial charge in [0.15, 0.2) is 0 Å². The Kier molecular flexibility index (Phi) is 6.19. The molecule has 4 rings (SSSR count). The maximum absolute atomic E-state index is 13.3. The van der Waals surface area contributed by atoms with E-state index in [4.69, 9.17) is 0 Å². The number of rotatable bonds is 6. The Morgan fingerprint density at radius 2 is 1.79 bits per heavy atom. The minimum atomic E-state index is -4.04. The molecular formula is C22H18FN2O6S2-. The Morgan fingerprint density at radius 3 is 2.45 bits per heavy atom. The minimum absolute atomic E-state index is 0.0805. The van der Waals surface area contributed by atoms with Gasteiger partial charge >= 0.3 is 5.97 Å². The number of carboxylic acid groups (broad SMARTS) is 1. The van der Waals surface area contributed by atoms with E-state index in [1.807, 2.05) is 0 Å². The van der Waals surface area contributed by atoms with Gasteiger partial charge in [-0.05, 0) is 66.9 Å². The molecule has 0 aromatic heterocycles. The molecule has 33 heavy (non-hydrogen) atoms. The number of nitrogens with zero attached hydrogens (tertiary/aromatic N) is 2. The number of anilines is 3. The van der Waals surface area contributed by atoms with Crippen LogP contribution in [-0.4, -0.2) is 34.8 Å². The van der Waals surface area contributed by atoms with Crippen LogP contribution >= 0.6 is 0 Å². The Bertz CT molecular complexity index is 1350. The van der Waals surface area contributed by atoms with Gasteiger partial charge in [-0.3, -0.25) is 12.8 Å². The van der Waals surface area contributed by atoms with Gasteiger partial charge in [-0.1, -0.05) is 18.2 Å². The second-order valence-corrected chi connectivity index (χ2v) is 9.94. The fourth-order valence-corrected chi connectivity index (χ4v) is 5.91. The van der Waals surface area contributed by atoms with Gasteiger partial charge in [0, 0.05) is 6.54 Å². The zero-order valence-corrected chi connectivity index (χ0v) is 18.7. The lowest BCUT2D eigenvalue weighted by atomic mass is 10.0. The van der Waals surface area contributed by atoms with Crippen LogP contribution < -0.4 is 8.61 Å². The Labute approximate surface area is 192 Å². The van der Waals surface area contributed by atoms with Crippen molar-refractivity contribution in [3.8, 4) is 0 Å². The molecule has 0 spiro atoms. The summed E-state index contributed by atoms with van der Waals surface area (Å²) in [6.07, 6.45) is 1.13. The zero-order chi connectivity index (χ0) is 23.8. The summed E-state index contributed by atoms with van der Waals surface area (Å²) in [4.78, 5) is 11.5. The van der Waals surface area contributed by atoms with Crippen molar-refractivity contribution in [3.05, 3.63) is 83.7 Å². The summed E-state index contributed by atoms with van der Waals surface area (Å²) in [6.45, 7) is 0.155. The van der Waals surface area contributed by atoms with Crippen LogP contribution in [0, 0.1) is 5.82 Å². The summed E-state index contributed by atoms with van der Waals surface area (Å²) >= 11 is -2.89. The predicted octanol–water partition coefficient (Wildman–Crippen LogP) is 3.60. The standard InChI is InChI=1S/C22H19FN2O6S2/c23-16-8-11-18(12-9-16)33(30,31)24-13-3-4-15-7-10-17(14-21(15)24)25(32(28)29)20-6-2-1-5-19(20)22(26)27/h1-2,5-12,14H,3-4,13H2,(H,26,27)(H,28,29)/p-1. The van der Waals surface area contributed by atoms with Crippen molar-refractivity contribution < 1.29 is 31.5 Å². The number of carboxylic acids is 1. The second-order valence-electron chi connectivity index (χ2n) is 7.28. The molecule has 0 saturated heterocycles. The number of aryl methyl sites for hydroxylation is 1. The molecule has 1 aliphatic heterocycles. The van der Waals surface area contributed by atoms with Gasteiger partial charge in [-0.2, -0.15) is 0 Å². The van der Waals surface area contributed by atoms with Crippen LogP contribution in [0.4, 0.5) is 21.5 Å². The molecule has 1 unspecified atom stereocenters. The molecule has 1 heterocycles. The number of aromatic carboxylic acids is 1. The van der Waals surface area contributed by atoms with Crippen molar-refractivity contribution in [1.82, 2.24) is 0 Å². The third-order valence-electron chi connectivity index (χ3n) is 5.28. The summed E-state index contributed by atoms with van der Waals surface area (Å²) in [5.41, 5.74) is 0.749. The molecule has 0 amide bonds. The maximum atomic E-state index is 13.3. The average Bonchev–Trinajstić information content (AvgIpc) is 2.79. The molecule has 0 aliphatic carbocycles. The van der Waals surface area contributed by atoms with Gasteiger partial charge in [-0.15, -0.1) is 0 Å². The van der Waals surface area contributed by atoms with E-state index in [0.29, 0.717) is 18.4 Å². The molecule has 3 aromatic carbocycles. The van der Waals surface area contributed by atoms with Crippen molar-refractivity contribution in [2.24, 2.45) is 0 Å². The first-order valence-corrected chi connectivity index (χ1v) is 12.3. The molecule has 8 nitrogen and oxygen atoms in total. The van der Waals surface area contributed by atoms with E-state index < -0.39 is 33.1 Å². The van der Waals surface area contributed by atoms with Crippen molar-refractivity contribution in [3.63, 3.8) is 0 Å². The maximum Gasteiger partial charge on any atom is 0.337 e. The van der Waals surface area contributed by atoms with Gasteiger partial charge in [0.25, 0.3) is 10.0 Å². The molecule has 0 saturated carbocycles. The van der Waals surface area contributed by atoms with E-state index in [1.54, 1.807) is 6.07 Å². The van der Waals surface area contributed by atoms with Crippen molar-refractivity contribution in [2.75, 3.05) is 15.2 Å². The molecule has 11 heteroatoms. The number of sulfonamides is 1. The quantitative estimate of drug-likeness (QED) is 0.529. The number of hydrogen-bond acceptors (Lipinski definition) is 5. The van der Waals surface area contributed by atoms with Gasteiger partial charge in [0.05, 0.1) is 38.8 Å². The summed E-state index contributed by atoms with van der Waals surface area (Å²) in [7, 11) is -4.04. The summed E-state index contributed by atoms with van der Waals surface area (Å²) in [5, 5.41) is 9.49. The third-order valence-corrected chi connectivity index (χ3v) is 7.82. The average molecular weight is 490 g/mol. The van der Waals surface area contributed by atoms with Gasteiger partial charge < -0.3 is 9.66 Å². The molecule has 1 aliphatic rings. The SMILES string of the molecule is O=C(O)c1ccccc1N(c1ccc2c(c1)N(S(=O)(=O)c1ccc(F)cc1)CCC2)S(=O)[O-]. The van der Waals surface area contributed by atoms with E-state index in [1.165, 1.54) is 48.5 Å². The molecule has 3 aromatic rings. The molecular weight excluding hydrogens is 471 g/mol. The highest BCUT2D eigenvalue weighted by Crippen LogP contribution is 2.38. The van der Waals surface area contributed by atoms with Crippen LogP contribution in [0.3, 0.4) is 0 Å². The number of fused-ring (bicyclic) bond motifs is 1. The zero-order valence-electron chi connectivity index (χ0n) is 17.0. The van der Waals surface area contributed by atoms with E-state index in [9.17, 15) is 31.5 Å². The number of para-hydroxylation sites is 1. The molecule has 0 fully saturated rings. The van der Waals surface area contributed by atoms with Crippen molar-refractivity contribution in [2.45, 2.75) is 17.7 Å². The smallest absolute Gasteiger partial charge is 0.337 e. The number of hydrogen-bond donors (Lipinski definition) is 1. The summed E-state index contributed by atoms with van der Waals surface area (Å²) in [6, 6.07) is 14.6. The lowest BCUT2D eigenvalue weighted by Crippen LogP contribution is -2.35. The highest BCUT2D eigenvalue weighted by Gasteiger charge is 2.30. The van der Waals surface area contributed by atoms with E-state index >= 15 is 0 Å². The predicted molar refractivity (Wildman–Crippen MR) is 120 cm³/mol. The normalized spacial score (nSPS) is 14.4. The Balaban J connectivity index is 1.84. The third kappa shape index (κ3) is 4.34. The van der Waals surface area contributed by atoms with Crippen LogP contribution in [0.2, 0.25) is 0 Å². The lowest BCUT2D eigenvalue weighted by molar-refractivity contribution is 0.0698. The summed E-state index contributed by atoms with van der Waals surface area (Å²) < 4.78 is 66.1. The fourth-order valence-electron chi connectivity index (χ4n) is 3.78. The van der Waals surface area contributed by atoms with Gasteiger partial charge in [0.2, 0.25) is 0 Å². The van der Waals surface area contributed by atoms with Crippen LogP contribution in [0.5, 0.6) is 0 Å². The van der Waals surface area contributed by atoms with E-state index in [2.05, 4.69) is 0 Å². The molecule has 172 valence electrons. The first-order valence-electron chi connectivity index (χ1n) is 9.83. The molecule has 1 atom stereocenters. The Morgan fingerprint density at radius 1 is 1.09 bits per heavy atom. The first-order chi connectivity index (χ1) is 15.7. The monoisotopic (exact) mass is 489 g/mol. The highest BCUT2D eigenvalue weighted by atomic mass is 32.2. The second kappa shape index (κ2) is 8.93. The molecule has 0 radical (unpaired) electrons. The van der Waals surface area contributed by atoms with Gasteiger partial charge in [-0.25, -0.2) is 17.6 Å². The molecule has 0 bridgehead atoms. The topological polar surface area (TPSA) is 118 Å². The van der Waals surface area contributed by atoms with Crippen LogP contribution in [0.15, 0.2) is 71.6 Å². The van der Waals surface area contributed by atoms with Crippen molar-refractivity contribution in [1.29, 1.82) is 0 Å². The van der Waals surface area contributed by atoms with Gasteiger partial charge in [0.1, 0.15) is 5.82 Å². The Hall–Kier alpha value is -3.28. The molecule has 1 N–H and O–H groups in total. The van der Waals surface area contributed by atoms with E-state index in [-0.39, 0.29) is 34.1 Å². The van der Waals surface area contributed by atoms with E-state index in [0.717, 1.165) is 20.7 Å². The van der Waals surface area contributed by atoms with Crippen LogP contribution in [0.1, 0.15) is 22.3 Å². The fraction of sp³-hybridized carbons (Fsp3) is 0.136. The number of benzene rings is 3. The number of carbonyl (C=O) groups is 1. The van der Waals surface area contributed by atoms with Crippen LogP contribution in [0.25, 0.3) is 0 Å². The van der Waals surface area contributed by atoms with Crippen molar-refractivity contribution >= 4 is 44.3 Å². The highest BCUT2D eigenvalue weighted by molar-refractivity contribution is 7.92. The summed E-state index contributed by atoms with van der Waals surface area (Å²) in [5.74, 6) is -1.87. The van der Waals surface area contributed by atoms with Crippen LogP contribution in [-0.2, 0) is 27.7 Å². The minimum Gasteiger partial charge on any atom is -0.755 e. The first kappa shape index (κ1) is 22.9. The lowest BCUT2D eigenvalue weighted by Gasteiger charge is -2.33. The largest absolute Gasteiger partial charge is 0.755 e. The number of halogens is 1.